The minimum Gasteiger partial charge on any atom is -0.376 e. The molecule has 3 amide bonds. The van der Waals surface area contributed by atoms with Crippen molar-refractivity contribution >= 4 is 34.8 Å². The van der Waals surface area contributed by atoms with Crippen molar-refractivity contribution in [1.29, 1.82) is 0 Å². The van der Waals surface area contributed by atoms with Crippen LogP contribution in [0.15, 0.2) is 78.9 Å². The van der Waals surface area contributed by atoms with Gasteiger partial charge in [0.15, 0.2) is 0 Å². The first-order valence-electron chi connectivity index (χ1n) is 12.4. The number of benzene rings is 3. The highest BCUT2D eigenvalue weighted by Crippen LogP contribution is 2.19. The zero-order chi connectivity index (χ0) is 25.3. The predicted molar refractivity (Wildman–Crippen MR) is 144 cm³/mol. The van der Waals surface area contributed by atoms with Crippen LogP contribution in [-0.4, -0.2) is 37.4 Å². The fraction of sp³-hybridized carbons (Fsp3) is 0.276. The Morgan fingerprint density at radius 3 is 2.25 bits per heavy atom. The molecule has 36 heavy (non-hydrogen) atoms. The van der Waals surface area contributed by atoms with E-state index in [1.165, 1.54) is 6.42 Å². The molecule has 0 saturated heterocycles. The standard InChI is InChI=1S/C29H32N4O3/c1-33(26-13-6-3-7-14-26)29(36)21-15-17-24(18-16-21)31-27(34)20-30-25-12-8-9-22(19-25)28(35)32-23-10-4-2-5-11-23/h3,6-9,12-19,23,30H,2,4-5,10-11,20H2,1H3,(H,31,34)(H,32,35). The van der Waals surface area contributed by atoms with Crippen molar-refractivity contribution in [1.82, 2.24) is 5.32 Å². The number of hydrogen-bond acceptors (Lipinski definition) is 4. The van der Waals surface area contributed by atoms with Gasteiger partial charge in [0.05, 0.1) is 6.54 Å². The summed E-state index contributed by atoms with van der Waals surface area (Å²) < 4.78 is 0. The molecule has 0 spiro atoms. The number of carbonyl (C=O) groups is 3. The van der Waals surface area contributed by atoms with E-state index in [-0.39, 0.29) is 30.3 Å². The van der Waals surface area contributed by atoms with Crippen LogP contribution < -0.4 is 20.9 Å². The smallest absolute Gasteiger partial charge is 0.258 e. The van der Waals surface area contributed by atoms with Crippen molar-refractivity contribution in [2.24, 2.45) is 0 Å². The highest BCUT2D eigenvalue weighted by molar-refractivity contribution is 6.06. The van der Waals surface area contributed by atoms with Gasteiger partial charge in [0, 0.05) is 41.3 Å². The molecule has 0 atom stereocenters. The van der Waals surface area contributed by atoms with Crippen LogP contribution in [0.1, 0.15) is 52.8 Å². The minimum atomic E-state index is -0.229. The van der Waals surface area contributed by atoms with Crippen molar-refractivity contribution in [2.45, 2.75) is 38.1 Å². The highest BCUT2D eigenvalue weighted by atomic mass is 16.2. The molecular weight excluding hydrogens is 452 g/mol. The summed E-state index contributed by atoms with van der Waals surface area (Å²) in [6, 6.07) is 23.6. The Bertz CT molecular complexity index is 1190. The van der Waals surface area contributed by atoms with Crippen LogP contribution in [0.4, 0.5) is 17.1 Å². The molecule has 7 heteroatoms. The number of anilines is 3. The van der Waals surface area contributed by atoms with Gasteiger partial charge in [-0.3, -0.25) is 14.4 Å². The van der Waals surface area contributed by atoms with Gasteiger partial charge in [-0.2, -0.15) is 0 Å². The summed E-state index contributed by atoms with van der Waals surface area (Å²) in [6.07, 6.45) is 5.62. The molecule has 3 aromatic rings. The number of amides is 3. The first-order valence-corrected chi connectivity index (χ1v) is 12.4. The van der Waals surface area contributed by atoms with Crippen molar-refractivity contribution in [3.05, 3.63) is 90.0 Å². The Labute approximate surface area is 211 Å². The second-order valence-electron chi connectivity index (χ2n) is 9.07. The van der Waals surface area contributed by atoms with Gasteiger partial charge in [0.2, 0.25) is 5.91 Å². The summed E-state index contributed by atoms with van der Waals surface area (Å²) in [7, 11) is 1.73. The number of nitrogens with zero attached hydrogens (tertiary/aromatic N) is 1. The summed E-state index contributed by atoms with van der Waals surface area (Å²) in [4.78, 5) is 39.4. The molecule has 0 aromatic heterocycles. The van der Waals surface area contributed by atoms with Crippen LogP contribution in [0.5, 0.6) is 0 Å². The van der Waals surface area contributed by atoms with Crippen LogP contribution >= 0.6 is 0 Å². The molecule has 7 nitrogen and oxygen atoms in total. The third-order valence-corrected chi connectivity index (χ3v) is 6.38. The maximum absolute atomic E-state index is 12.7. The van der Waals surface area contributed by atoms with Crippen molar-refractivity contribution < 1.29 is 14.4 Å². The summed E-state index contributed by atoms with van der Waals surface area (Å²) in [5, 5.41) is 9.01. The van der Waals surface area contributed by atoms with E-state index in [2.05, 4.69) is 16.0 Å². The largest absolute Gasteiger partial charge is 0.376 e. The van der Waals surface area contributed by atoms with E-state index in [9.17, 15) is 14.4 Å². The fourth-order valence-electron chi connectivity index (χ4n) is 4.33. The lowest BCUT2D eigenvalue weighted by atomic mass is 9.95. The molecule has 4 rings (SSSR count). The molecule has 1 saturated carbocycles. The Morgan fingerprint density at radius 2 is 1.53 bits per heavy atom. The molecule has 186 valence electrons. The van der Waals surface area contributed by atoms with Crippen LogP contribution in [-0.2, 0) is 4.79 Å². The molecule has 1 aliphatic carbocycles. The molecule has 3 aromatic carbocycles. The van der Waals surface area contributed by atoms with E-state index in [0.717, 1.165) is 31.4 Å². The molecule has 0 aliphatic heterocycles. The van der Waals surface area contributed by atoms with Gasteiger partial charge in [-0.15, -0.1) is 0 Å². The topological polar surface area (TPSA) is 90.5 Å². The number of carbonyl (C=O) groups excluding carboxylic acids is 3. The average Bonchev–Trinajstić information content (AvgIpc) is 2.93. The van der Waals surface area contributed by atoms with Crippen molar-refractivity contribution in [2.75, 3.05) is 29.1 Å². The fourth-order valence-corrected chi connectivity index (χ4v) is 4.33. The van der Waals surface area contributed by atoms with Gasteiger partial charge in [-0.1, -0.05) is 43.5 Å². The Kier molecular flexibility index (Phi) is 8.34. The van der Waals surface area contributed by atoms with Crippen LogP contribution in [0.2, 0.25) is 0 Å². The highest BCUT2D eigenvalue weighted by Gasteiger charge is 2.17. The minimum absolute atomic E-state index is 0.0468. The summed E-state index contributed by atoms with van der Waals surface area (Å²) in [5.41, 5.74) is 3.21. The van der Waals surface area contributed by atoms with E-state index >= 15 is 0 Å². The average molecular weight is 485 g/mol. The van der Waals surface area contributed by atoms with E-state index in [1.807, 2.05) is 36.4 Å². The van der Waals surface area contributed by atoms with Gasteiger partial charge in [-0.05, 0) is 67.4 Å². The lowest BCUT2D eigenvalue weighted by Crippen LogP contribution is -2.36. The Hall–Kier alpha value is -4.13. The van der Waals surface area contributed by atoms with Gasteiger partial charge < -0.3 is 20.9 Å². The molecule has 1 fully saturated rings. The number of nitrogens with one attached hydrogen (secondary N) is 3. The van der Waals surface area contributed by atoms with E-state index in [4.69, 9.17) is 0 Å². The Morgan fingerprint density at radius 1 is 0.806 bits per heavy atom. The van der Waals surface area contributed by atoms with Crippen LogP contribution in [0, 0.1) is 0 Å². The van der Waals surface area contributed by atoms with Gasteiger partial charge >= 0.3 is 0 Å². The maximum atomic E-state index is 12.7. The zero-order valence-corrected chi connectivity index (χ0v) is 20.5. The molecular formula is C29H32N4O3. The first-order chi connectivity index (χ1) is 17.5. The number of hydrogen-bond donors (Lipinski definition) is 3. The molecule has 0 heterocycles. The number of rotatable bonds is 8. The quantitative estimate of drug-likeness (QED) is 0.416. The monoisotopic (exact) mass is 484 g/mol. The van der Waals surface area contributed by atoms with E-state index in [0.29, 0.717) is 22.5 Å². The summed E-state index contributed by atoms with van der Waals surface area (Å²) >= 11 is 0. The van der Waals surface area contributed by atoms with Gasteiger partial charge in [0.25, 0.3) is 11.8 Å². The van der Waals surface area contributed by atoms with Crippen molar-refractivity contribution in [3.63, 3.8) is 0 Å². The van der Waals surface area contributed by atoms with E-state index < -0.39 is 0 Å². The third kappa shape index (κ3) is 6.72. The lowest BCUT2D eigenvalue weighted by Gasteiger charge is -2.22. The first kappa shape index (κ1) is 25.0. The normalized spacial score (nSPS) is 13.5. The Balaban J connectivity index is 1.27. The van der Waals surface area contributed by atoms with Gasteiger partial charge in [0.1, 0.15) is 0 Å². The van der Waals surface area contributed by atoms with Crippen LogP contribution in [0.25, 0.3) is 0 Å². The summed E-state index contributed by atoms with van der Waals surface area (Å²) in [5.74, 6) is -0.441. The second kappa shape index (κ2) is 12.0. The number of para-hydroxylation sites is 1. The second-order valence-corrected chi connectivity index (χ2v) is 9.07. The predicted octanol–water partition coefficient (Wildman–Crippen LogP) is 5.08. The molecule has 1 aliphatic rings. The van der Waals surface area contributed by atoms with Crippen molar-refractivity contribution in [3.8, 4) is 0 Å². The third-order valence-electron chi connectivity index (χ3n) is 6.38. The SMILES string of the molecule is CN(C(=O)c1ccc(NC(=O)CNc2cccc(C(=O)NC3CCCCC3)c2)cc1)c1ccccc1. The maximum Gasteiger partial charge on any atom is 0.258 e. The molecule has 3 N–H and O–H groups in total. The zero-order valence-electron chi connectivity index (χ0n) is 20.5. The lowest BCUT2D eigenvalue weighted by molar-refractivity contribution is -0.114. The molecule has 0 radical (unpaired) electrons. The van der Waals surface area contributed by atoms with Crippen LogP contribution in [0.3, 0.4) is 0 Å². The molecule has 0 unspecified atom stereocenters. The molecule has 0 bridgehead atoms. The van der Waals surface area contributed by atoms with Gasteiger partial charge in [-0.25, -0.2) is 0 Å². The van der Waals surface area contributed by atoms with E-state index in [1.54, 1.807) is 54.4 Å². The summed E-state index contributed by atoms with van der Waals surface area (Å²) in [6.45, 7) is 0.0468.